The fraction of sp³-hybridized carbons (Fsp3) is 0.217. The first-order valence-corrected chi connectivity index (χ1v) is 10.4. The Morgan fingerprint density at radius 3 is 2.97 bits per heavy atom. The van der Waals surface area contributed by atoms with Crippen molar-refractivity contribution in [2.45, 2.75) is 19.4 Å². The Kier molecular flexibility index (Phi) is 4.04. The number of carbonyl (C=O) groups excluding carboxylic acids is 1. The molecule has 0 bridgehead atoms. The van der Waals surface area contributed by atoms with Crippen LogP contribution in [0.25, 0.3) is 11.0 Å². The molecule has 1 amide bonds. The summed E-state index contributed by atoms with van der Waals surface area (Å²) in [6.07, 6.45) is 7.69. The molecular formula is C23H21N7O2. The van der Waals surface area contributed by atoms with Crippen molar-refractivity contribution in [3.05, 3.63) is 83.5 Å². The molecule has 1 aliphatic heterocycles. The van der Waals surface area contributed by atoms with E-state index in [1.165, 1.54) is 0 Å². The normalized spacial score (nSPS) is 15.9. The van der Waals surface area contributed by atoms with Crippen LogP contribution in [0.15, 0.2) is 55.2 Å². The van der Waals surface area contributed by atoms with Crippen molar-refractivity contribution in [3.8, 4) is 5.75 Å². The Hall–Kier alpha value is -4.14. The molecule has 0 fully saturated rings. The molecule has 160 valence electrons. The Labute approximate surface area is 183 Å². The molecule has 6 heterocycles. The first kappa shape index (κ1) is 18.6. The van der Waals surface area contributed by atoms with Gasteiger partial charge < -0.3 is 14.6 Å². The highest BCUT2D eigenvalue weighted by Crippen LogP contribution is 2.35. The van der Waals surface area contributed by atoms with Crippen LogP contribution in [0.5, 0.6) is 5.75 Å². The number of rotatable bonds is 3. The average molecular weight is 427 g/mol. The highest BCUT2D eigenvalue weighted by molar-refractivity contribution is 6.01. The predicted octanol–water partition coefficient (Wildman–Crippen LogP) is 2.81. The molecule has 6 rings (SSSR count). The van der Waals surface area contributed by atoms with E-state index >= 15 is 0 Å². The monoisotopic (exact) mass is 427 g/mol. The second kappa shape index (κ2) is 6.94. The first-order valence-electron chi connectivity index (χ1n) is 10.4. The fourth-order valence-corrected chi connectivity index (χ4v) is 4.51. The number of hydrogen-bond donors (Lipinski definition) is 1. The number of nitrogens with zero attached hydrogens (tertiary/aromatic N) is 6. The van der Waals surface area contributed by atoms with Gasteiger partial charge in [0.2, 0.25) is 0 Å². The average Bonchev–Trinajstić information content (AvgIpc) is 3.55. The van der Waals surface area contributed by atoms with Crippen LogP contribution in [0, 0.1) is 6.92 Å². The van der Waals surface area contributed by atoms with E-state index in [9.17, 15) is 4.79 Å². The lowest BCUT2D eigenvalue weighted by molar-refractivity contribution is 0.0689. The van der Waals surface area contributed by atoms with Crippen LogP contribution >= 0.6 is 0 Å². The van der Waals surface area contributed by atoms with Gasteiger partial charge in [0.15, 0.2) is 0 Å². The number of imidazole rings is 1. The van der Waals surface area contributed by atoms with Gasteiger partial charge in [0, 0.05) is 24.9 Å². The lowest BCUT2D eigenvalue weighted by Crippen LogP contribution is -2.41. The molecule has 0 radical (unpaired) electrons. The van der Waals surface area contributed by atoms with Crippen molar-refractivity contribution in [3.63, 3.8) is 0 Å². The molecule has 1 aliphatic rings. The Balaban J connectivity index is 1.47. The van der Waals surface area contributed by atoms with Crippen molar-refractivity contribution >= 4 is 16.9 Å². The summed E-state index contributed by atoms with van der Waals surface area (Å²) in [6, 6.07) is 9.37. The van der Waals surface area contributed by atoms with Gasteiger partial charge >= 0.3 is 0 Å². The van der Waals surface area contributed by atoms with Crippen molar-refractivity contribution in [1.82, 2.24) is 34.1 Å². The number of aromatic amines is 1. The largest absolute Gasteiger partial charge is 0.495 e. The van der Waals surface area contributed by atoms with Crippen molar-refractivity contribution < 1.29 is 9.53 Å². The van der Waals surface area contributed by atoms with Gasteiger partial charge in [-0.25, -0.2) is 14.0 Å². The van der Waals surface area contributed by atoms with E-state index in [-0.39, 0.29) is 11.9 Å². The maximum atomic E-state index is 13.8. The van der Waals surface area contributed by atoms with Gasteiger partial charge in [0.05, 0.1) is 53.8 Å². The highest BCUT2D eigenvalue weighted by Gasteiger charge is 2.37. The van der Waals surface area contributed by atoms with Crippen LogP contribution in [0.1, 0.15) is 39.0 Å². The number of aromatic nitrogens is 6. The maximum absolute atomic E-state index is 13.8. The van der Waals surface area contributed by atoms with E-state index in [1.54, 1.807) is 30.3 Å². The molecule has 5 aromatic rings. The number of amides is 1. The summed E-state index contributed by atoms with van der Waals surface area (Å²) in [6.45, 7) is 2.61. The van der Waals surface area contributed by atoms with Crippen molar-refractivity contribution in [1.29, 1.82) is 0 Å². The van der Waals surface area contributed by atoms with Crippen molar-refractivity contribution in [2.24, 2.45) is 0 Å². The second-order valence-electron chi connectivity index (χ2n) is 7.96. The summed E-state index contributed by atoms with van der Waals surface area (Å²) in [5, 5.41) is 9.18. The molecule has 32 heavy (non-hydrogen) atoms. The van der Waals surface area contributed by atoms with E-state index in [4.69, 9.17) is 9.84 Å². The second-order valence-corrected chi connectivity index (χ2v) is 7.96. The van der Waals surface area contributed by atoms with Gasteiger partial charge in [0.25, 0.3) is 5.91 Å². The molecular weight excluding hydrogens is 406 g/mol. The quantitative estimate of drug-likeness (QED) is 0.478. The van der Waals surface area contributed by atoms with Crippen LogP contribution in [0.4, 0.5) is 0 Å². The number of carbonyl (C=O) groups is 1. The van der Waals surface area contributed by atoms with Gasteiger partial charge in [-0.05, 0) is 36.8 Å². The zero-order chi connectivity index (χ0) is 21.8. The molecule has 1 N–H and O–H groups in total. The van der Waals surface area contributed by atoms with E-state index in [2.05, 4.69) is 28.1 Å². The Bertz CT molecular complexity index is 1480. The van der Waals surface area contributed by atoms with Gasteiger partial charge in [-0.1, -0.05) is 6.07 Å². The zero-order valence-corrected chi connectivity index (χ0v) is 17.7. The van der Waals surface area contributed by atoms with E-state index in [0.29, 0.717) is 24.3 Å². The van der Waals surface area contributed by atoms with Crippen LogP contribution in [-0.4, -0.2) is 53.7 Å². The standard InChI is InChI=1S/C23H21N7O2/c1-14-4-3-8-29-20(14)10-18(27-29)22-21-17(24-13-25-21)7-9-28(22)23(31)16-11-26-30-12-15(32-2)5-6-19(16)30/h3-6,8,10-13,22H,7,9H2,1-2H3,(H,24,25)/t22-/m0/s1. The lowest BCUT2D eigenvalue weighted by Gasteiger charge is -2.33. The summed E-state index contributed by atoms with van der Waals surface area (Å²) in [5.74, 6) is 0.578. The number of aryl methyl sites for hydroxylation is 1. The van der Waals surface area contributed by atoms with Gasteiger partial charge in [-0.15, -0.1) is 0 Å². The minimum absolute atomic E-state index is 0.0994. The Morgan fingerprint density at radius 2 is 2.12 bits per heavy atom. The highest BCUT2D eigenvalue weighted by atomic mass is 16.5. The van der Waals surface area contributed by atoms with Gasteiger partial charge in [-0.2, -0.15) is 10.2 Å². The number of pyridine rings is 2. The molecule has 0 saturated carbocycles. The molecule has 9 heteroatoms. The minimum Gasteiger partial charge on any atom is -0.495 e. The zero-order valence-electron chi connectivity index (χ0n) is 17.7. The third-order valence-corrected chi connectivity index (χ3v) is 6.15. The van der Waals surface area contributed by atoms with E-state index in [0.717, 1.165) is 33.7 Å². The van der Waals surface area contributed by atoms with Gasteiger partial charge in [0.1, 0.15) is 11.8 Å². The Morgan fingerprint density at radius 1 is 1.22 bits per heavy atom. The molecule has 9 nitrogen and oxygen atoms in total. The smallest absolute Gasteiger partial charge is 0.258 e. The van der Waals surface area contributed by atoms with Gasteiger partial charge in [-0.3, -0.25) is 4.79 Å². The fourth-order valence-electron chi connectivity index (χ4n) is 4.51. The number of methoxy groups -OCH3 is 1. The molecule has 5 aromatic heterocycles. The SMILES string of the molecule is COc1ccc2c(C(=O)N3CCc4[nH]cnc4[C@@H]3c3cc4c(C)cccn4n3)cnn2c1. The summed E-state index contributed by atoms with van der Waals surface area (Å²) in [5.41, 5.74) is 6.07. The van der Waals surface area contributed by atoms with Crippen LogP contribution in [-0.2, 0) is 6.42 Å². The van der Waals surface area contributed by atoms with Crippen molar-refractivity contribution in [2.75, 3.05) is 13.7 Å². The third-order valence-electron chi connectivity index (χ3n) is 6.15. The minimum atomic E-state index is -0.384. The predicted molar refractivity (Wildman–Crippen MR) is 117 cm³/mol. The summed E-state index contributed by atoms with van der Waals surface area (Å²) >= 11 is 0. The molecule has 0 spiro atoms. The van der Waals surface area contributed by atoms with Crippen LogP contribution < -0.4 is 4.74 Å². The first-order chi connectivity index (χ1) is 15.6. The topological polar surface area (TPSA) is 92.8 Å². The number of nitrogens with one attached hydrogen (secondary N) is 1. The summed E-state index contributed by atoms with van der Waals surface area (Å²) in [7, 11) is 1.60. The van der Waals surface area contributed by atoms with Crippen LogP contribution in [0.3, 0.4) is 0 Å². The lowest BCUT2D eigenvalue weighted by atomic mass is 9.98. The van der Waals surface area contributed by atoms with E-state index in [1.807, 2.05) is 39.9 Å². The summed E-state index contributed by atoms with van der Waals surface area (Å²) in [4.78, 5) is 23.4. The third kappa shape index (κ3) is 2.71. The molecule has 1 atom stereocenters. The molecule has 0 aromatic carbocycles. The number of hydrogen-bond acceptors (Lipinski definition) is 5. The molecule has 0 saturated heterocycles. The van der Waals surface area contributed by atoms with Crippen LogP contribution in [0.2, 0.25) is 0 Å². The molecule has 0 unspecified atom stereocenters. The maximum Gasteiger partial charge on any atom is 0.258 e. The summed E-state index contributed by atoms with van der Waals surface area (Å²) < 4.78 is 8.80. The number of H-pyrrole nitrogens is 1. The molecule has 0 aliphatic carbocycles. The van der Waals surface area contributed by atoms with E-state index < -0.39 is 0 Å². The number of ether oxygens (including phenoxy) is 1. The number of fused-ring (bicyclic) bond motifs is 3.